The Hall–Kier alpha value is -0.260. The van der Waals surface area contributed by atoms with E-state index in [-0.39, 0.29) is 11.9 Å². The zero-order valence-electron chi connectivity index (χ0n) is 10.2. The van der Waals surface area contributed by atoms with Gasteiger partial charge in [-0.3, -0.25) is 4.79 Å². The second kappa shape index (κ2) is 7.36. The van der Waals surface area contributed by atoms with Gasteiger partial charge in [0.1, 0.15) is 0 Å². The summed E-state index contributed by atoms with van der Waals surface area (Å²) >= 11 is 12.8. The lowest BCUT2D eigenvalue weighted by atomic mass is 10.3. The van der Waals surface area contributed by atoms with Crippen molar-refractivity contribution in [3.63, 3.8) is 0 Å². The van der Waals surface area contributed by atoms with Crippen LogP contribution in [0.4, 0.5) is 5.69 Å². The fraction of sp³-hybridized carbons (Fsp3) is 0.417. The Morgan fingerprint density at radius 1 is 1.33 bits per heavy atom. The molecular formula is C12H15Br2ClN2O. The van der Waals surface area contributed by atoms with Crippen LogP contribution in [-0.2, 0) is 4.79 Å². The minimum absolute atomic E-state index is 0.0405. The minimum atomic E-state index is 0.0405. The highest BCUT2D eigenvalue weighted by Gasteiger charge is 2.08. The van der Waals surface area contributed by atoms with Crippen LogP contribution in [0.25, 0.3) is 0 Å². The summed E-state index contributed by atoms with van der Waals surface area (Å²) in [6.45, 7) is 4.45. The summed E-state index contributed by atoms with van der Waals surface area (Å²) in [5.74, 6) is 0.0405. The van der Waals surface area contributed by atoms with Crippen molar-refractivity contribution in [2.75, 3.05) is 11.9 Å². The molecule has 0 saturated heterocycles. The van der Waals surface area contributed by atoms with Gasteiger partial charge in [0.15, 0.2) is 0 Å². The molecule has 3 nitrogen and oxygen atoms in total. The first-order chi connectivity index (χ1) is 8.40. The van der Waals surface area contributed by atoms with E-state index >= 15 is 0 Å². The van der Waals surface area contributed by atoms with Crippen molar-refractivity contribution < 1.29 is 4.79 Å². The van der Waals surface area contributed by atoms with Crippen molar-refractivity contribution >= 4 is 55.1 Å². The Bertz CT molecular complexity index is 415. The van der Waals surface area contributed by atoms with E-state index in [2.05, 4.69) is 42.5 Å². The highest BCUT2D eigenvalue weighted by atomic mass is 79.9. The van der Waals surface area contributed by atoms with Crippen molar-refractivity contribution in [2.24, 2.45) is 0 Å². The predicted octanol–water partition coefficient (Wildman–Crippen LogP) is 4.19. The fourth-order valence-corrected chi connectivity index (χ4v) is 3.35. The normalized spacial score (nSPS) is 10.6. The van der Waals surface area contributed by atoms with Crippen molar-refractivity contribution in [3.05, 3.63) is 26.1 Å². The number of nitrogens with one attached hydrogen (secondary N) is 2. The van der Waals surface area contributed by atoms with Gasteiger partial charge in [0.25, 0.3) is 0 Å². The van der Waals surface area contributed by atoms with Gasteiger partial charge in [0, 0.05) is 33.0 Å². The molecule has 1 amide bonds. The van der Waals surface area contributed by atoms with Gasteiger partial charge in [-0.2, -0.15) is 0 Å². The predicted molar refractivity (Wildman–Crippen MR) is 83.2 cm³/mol. The molecule has 0 bridgehead atoms. The molecule has 1 rings (SSSR count). The number of anilines is 1. The molecule has 18 heavy (non-hydrogen) atoms. The SMILES string of the molecule is CC(C)NC(=O)CCNc1c(Br)cc(Cl)cc1Br. The quantitative estimate of drug-likeness (QED) is 0.781. The van der Waals surface area contributed by atoms with Gasteiger partial charge in [-0.15, -0.1) is 0 Å². The van der Waals surface area contributed by atoms with Gasteiger partial charge in [-0.25, -0.2) is 0 Å². The maximum atomic E-state index is 11.5. The number of halogens is 3. The molecule has 100 valence electrons. The molecule has 0 saturated carbocycles. The van der Waals surface area contributed by atoms with Crippen molar-refractivity contribution in [3.8, 4) is 0 Å². The summed E-state index contributed by atoms with van der Waals surface area (Å²) in [7, 11) is 0. The molecule has 1 aromatic carbocycles. The van der Waals surface area contributed by atoms with Crippen LogP contribution >= 0.6 is 43.5 Å². The minimum Gasteiger partial charge on any atom is -0.383 e. The number of carbonyl (C=O) groups is 1. The van der Waals surface area contributed by atoms with Gasteiger partial charge in [0.05, 0.1) is 5.69 Å². The molecule has 0 aliphatic heterocycles. The van der Waals surface area contributed by atoms with Gasteiger partial charge in [0.2, 0.25) is 5.91 Å². The smallest absolute Gasteiger partial charge is 0.221 e. The van der Waals surface area contributed by atoms with Crippen molar-refractivity contribution in [1.29, 1.82) is 0 Å². The summed E-state index contributed by atoms with van der Waals surface area (Å²) in [5, 5.41) is 6.69. The van der Waals surface area contributed by atoms with Crippen LogP contribution in [0.1, 0.15) is 20.3 Å². The highest BCUT2D eigenvalue weighted by Crippen LogP contribution is 2.34. The Balaban J connectivity index is 2.52. The summed E-state index contributed by atoms with van der Waals surface area (Å²) in [6, 6.07) is 3.79. The Morgan fingerprint density at radius 3 is 2.39 bits per heavy atom. The molecule has 1 aromatic rings. The lowest BCUT2D eigenvalue weighted by Gasteiger charge is -2.12. The Kier molecular flexibility index (Phi) is 6.46. The van der Waals surface area contributed by atoms with Crippen LogP contribution in [0, 0.1) is 0 Å². The van der Waals surface area contributed by atoms with Gasteiger partial charge < -0.3 is 10.6 Å². The Morgan fingerprint density at radius 2 is 1.89 bits per heavy atom. The first kappa shape index (κ1) is 15.8. The van der Waals surface area contributed by atoms with E-state index in [4.69, 9.17) is 11.6 Å². The molecule has 0 heterocycles. The topological polar surface area (TPSA) is 41.1 Å². The standard InChI is InChI=1S/C12H15Br2ClN2O/c1-7(2)17-11(18)3-4-16-12-9(13)5-8(15)6-10(12)14/h5-7,16H,3-4H2,1-2H3,(H,17,18). The third-order valence-electron chi connectivity index (χ3n) is 2.11. The van der Waals surface area contributed by atoms with Crippen LogP contribution < -0.4 is 10.6 Å². The van der Waals surface area contributed by atoms with Crippen molar-refractivity contribution in [2.45, 2.75) is 26.3 Å². The molecule has 0 atom stereocenters. The van der Waals surface area contributed by atoms with Gasteiger partial charge >= 0.3 is 0 Å². The zero-order chi connectivity index (χ0) is 13.7. The fourth-order valence-electron chi connectivity index (χ4n) is 1.41. The van der Waals surface area contributed by atoms with E-state index in [1.807, 2.05) is 26.0 Å². The third kappa shape index (κ3) is 5.16. The van der Waals surface area contributed by atoms with E-state index in [1.165, 1.54) is 0 Å². The zero-order valence-corrected chi connectivity index (χ0v) is 14.1. The molecule has 0 fully saturated rings. The number of carbonyl (C=O) groups excluding carboxylic acids is 1. The molecule has 2 N–H and O–H groups in total. The monoisotopic (exact) mass is 396 g/mol. The summed E-state index contributed by atoms with van der Waals surface area (Å²) < 4.78 is 1.73. The molecule has 0 unspecified atom stereocenters. The van der Waals surface area contributed by atoms with Gasteiger partial charge in [-0.05, 0) is 57.8 Å². The number of hydrogen-bond donors (Lipinski definition) is 2. The van der Waals surface area contributed by atoms with Gasteiger partial charge in [-0.1, -0.05) is 11.6 Å². The van der Waals surface area contributed by atoms with E-state index in [1.54, 1.807) is 0 Å². The molecular weight excluding hydrogens is 383 g/mol. The van der Waals surface area contributed by atoms with Crippen molar-refractivity contribution in [1.82, 2.24) is 5.32 Å². The Labute approximate surface area is 129 Å². The number of hydrogen-bond acceptors (Lipinski definition) is 2. The maximum Gasteiger partial charge on any atom is 0.221 e. The average Bonchev–Trinajstić information content (AvgIpc) is 2.20. The van der Waals surface area contributed by atoms with Crippen LogP contribution in [0.5, 0.6) is 0 Å². The lowest BCUT2D eigenvalue weighted by molar-refractivity contribution is -0.121. The molecule has 0 aliphatic carbocycles. The second-order valence-electron chi connectivity index (χ2n) is 4.14. The maximum absolute atomic E-state index is 11.5. The highest BCUT2D eigenvalue weighted by molar-refractivity contribution is 9.11. The molecule has 0 aromatic heterocycles. The first-order valence-corrected chi connectivity index (χ1v) is 7.54. The van der Waals surface area contributed by atoms with Crippen LogP contribution in [0.15, 0.2) is 21.1 Å². The summed E-state index contributed by atoms with van der Waals surface area (Å²) in [4.78, 5) is 11.5. The van der Waals surface area contributed by atoms with E-state index in [9.17, 15) is 4.79 Å². The van der Waals surface area contributed by atoms with E-state index in [0.717, 1.165) is 14.6 Å². The second-order valence-corrected chi connectivity index (χ2v) is 6.29. The third-order valence-corrected chi connectivity index (χ3v) is 3.58. The van der Waals surface area contributed by atoms with E-state index < -0.39 is 0 Å². The average molecular weight is 399 g/mol. The molecule has 0 aliphatic rings. The first-order valence-electron chi connectivity index (χ1n) is 5.58. The molecule has 6 heteroatoms. The molecule has 0 radical (unpaired) electrons. The van der Waals surface area contributed by atoms with E-state index in [0.29, 0.717) is 18.0 Å². The molecule has 0 spiro atoms. The van der Waals surface area contributed by atoms with Crippen LogP contribution in [0.3, 0.4) is 0 Å². The summed E-state index contributed by atoms with van der Waals surface area (Å²) in [6.07, 6.45) is 0.430. The lowest BCUT2D eigenvalue weighted by Crippen LogP contribution is -2.31. The van der Waals surface area contributed by atoms with Crippen LogP contribution in [0.2, 0.25) is 5.02 Å². The number of benzene rings is 1. The number of rotatable bonds is 5. The largest absolute Gasteiger partial charge is 0.383 e. The number of amides is 1. The summed E-state index contributed by atoms with van der Waals surface area (Å²) in [5.41, 5.74) is 0.900. The van der Waals surface area contributed by atoms with Crippen LogP contribution in [-0.4, -0.2) is 18.5 Å².